The van der Waals surface area contributed by atoms with Gasteiger partial charge in [-0.3, -0.25) is 4.79 Å². The van der Waals surface area contributed by atoms with Crippen LogP contribution in [-0.4, -0.2) is 27.0 Å². The summed E-state index contributed by atoms with van der Waals surface area (Å²) in [6.45, 7) is 0. The Morgan fingerprint density at radius 3 is 2.52 bits per heavy atom. The maximum atomic E-state index is 12.2. The molecule has 2 rings (SSSR count). The maximum absolute atomic E-state index is 12.2. The molecule has 120 valence electrons. The van der Waals surface area contributed by atoms with Crippen LogP contribution in [0, 0.1) is 0 Å². The number of ether oxygens (including phenoxy) is 1. The molecule has 0 unspecified atom stereocenters. The normalized spacial score (nSPS) is 10.8. The summed E-state index contributed by atoms with van der Waals surface area (Å²) < 4.78 is 6.06. The van der Waals surface area contributed by atoms with Gasteiger partial charge >= 0.3 is 0 Å². The minimum Gasteiger partial charge on any atom is -0.495 e. The fourth-order valence-electron chi connectivity index (χ4n) is 2.08. The van der Waals surface area contributed by atoms with Gasteiger partial charge in [-0.25, -0.2) is 0 Å². The van der Waals surface area contributed by atoms with Gasteiger partial charge in [0.15, 0.2) is 5.78 Å². The molecule has 0 atom stereocenters. The molecule has 0 saturated carbocycles. The Kier molecular flexibility index (Phi) is 5.85. The predicted octanol–water partition coefficient (Wildman–Crippen LogP) is 5.07. The van der Waals surface area contributed by atoms with Crippen LogP contribution in [0.5, 0.6) is 5.75 Å². The summed E-state index contributed by atoms with van der Waals surface area (Å²) in [7, 11) is 5.50. The molecular formula is C18H17BrClNO2. The highest BCUT2D eigenvalue weighted by molar-refractivity contribution is 9.10. The van der Waals surface area contributed by atoms with Gasteiger partial charge in [-0.05, 0) is 57.9 Å². The number of hydrogen-bond donors (Lipinski definition) is 0. The number of carbonyl (C=O) groups is 1. The molecule has 0 radical (unpaired) electrons. The molecule has 2 aromatic rings. The van der Waals surface area contributed by atoms with Gasteiger partial charge in [-0.15, -0.1) is 0 Å². The van der Waals surface area contributed by atoms with Crippen molar-refractivity contribution in [2.45, 2.75) is 0 Å². The van der Waals surface area contributed by atoms with Crippen LogP contribution in [0.3, 0.4) is 0 Å². The Balaban J connectivity index is 2.18. The molecule has 0 aromatic heterocycles. The topological polar surface area (TPSA) is 29.5 Å². The minimum atomic E-state index is -0.109. The molecule has 0 fully saturated rings. The Morgan fingerprint density at radius 2 is 1.96 bits per heavy atom. The average molecular weight is 395 g/mol. The first-order valence-electron chi connectivity index (χ1n) is 6.95. The number of methoxy groups -OCH3 is 1. The third kappa shape index (κ3) is 4.36. The van der Waals surface area contributed by atoms with Crippen LogP contribution in [0.4, 0.5) is 5.69 Å². The first-order chi connectivity index (χ1) is 10.9. The second kappa shape index (κ2) is 7.66. The van der Waals surface area contributed by atoms with E-state index in [1.165, 1.54) is 13.2 Å². The Hall–Kier alpha value is -1.78. The lowest BCUT2D eigenvalue weighted by Crippen LogP contribution is -2.09. The zero-order valence-electron chi connectivity index (χ0n) is 13.1. The number of allylic oxidation sites excluding steroid dienone is 1. The number of hydrogen-bond acceptors (Lipinski definition) is 3. The number of carbonyl (C=O) groups excluding carboxylic acids is 1. The predicted molar refractivity (Wildman–Crippen MR) is 99.8 cm³/mol. The number of anilines is 1. The van der Waals surface area contributed by atoms with Gasteiger partial charge in [0.05, 0.1) is 17.8 Å². The van der Waals surface area contributed by atoms with E-state index in [0.717, 1.165) is 15.7 Å². The van der Waals surface area contributed by atoms with Crippen molar-refractivity contribution < 1.29 is 9.53 Å². The third-order valence-corrected chi connectivity index (χ3v) is 4.25. The monoisotopic (exact) mass is 393 g/mol. The maximum Gasteiger partial charge on any atom is 0.185 e. The Morgan fingerprint density at radius 1 is 1.22 bits per heavy atom. The molecule has 2 aromatic carbocycles. The first kappa shape index (κ1) is 17.6. The van der Waals surface area contributed by atoms with Crippen LogP contribution in [0.1, 0.15) is 15.9 Å². The van der Waals surface area contributed by atoms with Gasteiger partial charge in [0.1, 0.15) is 5.75 Å². The fourth-order valence-corrected chi connectivity index (χ4v) is 3.09. The van der Waals surface area contributed by atoms with Crippen molar-refractivity contribution >= 4 is 45.1 Å². The van der Waals surface area contributed by atoms with Crippen molar-refractivity contribution in [3.8, 4) is 5.75 Å². The van der Waals surface area contributed by atoms with Crippen LogP contribution >= 0.6 is 27.5 Å². The summed E-state index contributed by atoms with van der Waals surface area (Å²) in [4.78, 5) is 14.2. The molecule has 5 heteroatoms. The van der Waals surface area contributed by atoms with Crippen molar-refractivity contribution in [2.75, 3.05) is 26.1 Å². The highest BCUT2D eigenvalue weighted by Crippen LogP contribution is 2.27. The molecule has 0 amide bonds. The molecule has 0 aliphatic carbocycles. The quantitative estimate of drug-likeness (QED) is 0.523. The lowest BCUT2D eigenvalue weighted by Gasteiger charge is -2.14. The lowest BCUT2D eigenvalue weighted by molar-refractivity contribution is 0.104. The van der Waals surface area contributed by atoms with Crippen LogP contribution in [0.15, 0.2) is 46.9 Å². The van der Waals surface area contributed by atoms with Crippen LogP contribution in [0.2, 0.25) is 5.02 Å². The molecular weight excluding hydrogens is 378 g/mol. The Bertz CT molecular complexity index is 757. The molecule has 0 aliphatic heterocycles. The lowest BCUT2D eigenvalue weighted by atomic mass is 10.1. The van der Waals surface area contributed by atoms with E-state index < -0.39 is 0 Å². The summed E-state index contributed by atoms with van der Waals surface area (Å²) in [6.07, 6.45) is 3.32. The van der Waals surface area contributed by atoms with Crippen molar-refractivity contribution in [3.63, 3.8) is 0 Å². The van der Waals surface area contributed by atoms with Gasteiger partial charge in [0.25, 0.3) is 0 Å². The van der Waals surface area contributed by atoms with E-state index in [2.05, 4.69) is 15.9 Å². The number of rotatable bonds is 5. The number of nitrogens with zero attached hydrogens (tertiary/aromatic N) is 1. The first-order valence-corrected chi connectivity index (χ1v) is 8.12. The molecule has 0 saturated heterocycles. The van der Waals surface area contributed by atoms with Crippen LogP contribution in [0.25, 0.3) is 6.08 Å². The third-order valence-electron chi connectivity index (χ3n) is 3.32. The SMILES string of the molecule is COc1ccc(C(=O)/C=C/c2ccc(N(C)C)c(Br)c2)cc1Cl. The van der Waals surface area contributed by atoms with E-state index in [1.807, 2.05) is 37.2 Å². The van der Waals surface area contributed by atoms with E-state index in [9.17, 15) is 4.79 Å². The zero-order chi connectivity index (χ0) is 17.0. The molecule has 0 spiro atoms. The molecule has 0 heterocycles. The van der Waals surface area contributed by atoms with E-state index in [-0.39, 0.29) is 5.78 Å². The molecule has 0 bridgehead atoms. The highest BCUT2D eigenvalue weighted by atomic mass is 79.9. The summed E-state index contributed by atoms with van der Waals surface area (Å²) in [5.74, 6) is 0.442. The standard InChI is InChI=1S/C18H17BrClNO2/c1-21(2)16-7-4-12(10-14(16)19)5-8-17(22)13-6-9-18(23-3)15(20)11-13/h4-11H,1-3H3/b8-5+. The fraction of sp³-hybridized carbons (Fsp3) is 0.167. The highest BCUT2D eigenvalue weighted by Gasteiger charge is 2.07. The minimum absolute atomic E-state index is 0.109. The smallest absolute Gasteiger partial charge is 0.185 e. The average Bonchev–Trinajstić information content (AvgIpc) is 2.52. The number of halogens is 2. The van der Waals surface area contributed by atoms with Gasteiger partial charge in [-0.2, -0.15) is 0 Å². The van der Waals surface area contributed by atoms with Gasteiger partial charge in [-0.1, -0.05) is 23.7 Å². The second-order valence-corrected chi connectivity index (χ2v) is 6.41. The number of benzene rings is 2. The molecule has 3 nitrogen and oxygen atoms in total. The number of ketones is 1. The van der Waals surface area contributed by atoms with E-state index >= 15 is 0 Å². The van der Waals surface area contributed by atoms with E-state index in [1.54, 1.807) is 24.3 Å². The Labute approximate surface area is 149 Å². The van der Waals surface area contributed by atoms with Crippen molar-refractivity contribution in [1.82, 2.24) is 0 Å². The summed E-state index contributed by atoms with van der Waals surface area (Å²) >= 11 is 9.58. The largest absolute Gasteiger partial charge is 0.495 e. The van der Waals surface area contributed by atoms with E-state index in [4.69, 9.17) is 16.3 Å². The van der Waals surface area contributed by atoms with Gasteiger partial charge in [0, 0.05) is 24.1 Å². The van der Waals surface area contributed by atoms with Crippen molar-refractivity contribution in [3.05, 3.63) is 63.1 Å². The van der Waals surface area contributed by atoms with Crippen molar-refractivity contribution in [1.29, 1.82) is 0 Å². The van der Waals surface area contributed by atoms with Gasteiger partial charge in [0.2, 0.25) is 0 Å². The molecule has 0 N–H and O–H groups in total. The molecule has 0 aliphatic rings. The van der Waals surface area contributed by atoms with Crippen molar-refractivity contribution in [2.24, 2.45) is 0 Å². The van der Waals surface area contributed by atoms with Gasteiger partial charge < -0.3 is 9.64 Å². The summed E-state index contributed by atoms with van der Waals surface area (Å²) in [6, 6.07) is 10.9. The van der Waals surface area contributed by atoms with E-state index in [0.29, 0.717) is 16.3 Å². The van der Waals surface area contributed by atoms with Crippen LogP contribution < -0.4 is 9.64 Å². The van der Waals surface area contributed by atoms with Crippen LogP contribution in [-0.2, 0) is 0 Å². The summed E-state index contributed by atoms with van der Waals surface area (Å²) in [5, 5.41) is 0.421. The zero-order valence-corrected chi connectivity index (χ0v) is 15.5. The second-order valence-electron chi connectivity index (χ2n) is 5.15. The molecule has 23 heavy (non-hydrogen) atoms. The summed E-state index contributed by atoms with van der Waals surface area (Å²) in [5.41, 5.74) is 2.54.